The highest BCUT2D eigenvalue weighted by molar-refractivity contribution is 7.99. The molecule has 25 heavy (non-hydrogen) atoms. The molecule has 1 saturated carbocycles. The molecule has 1 aliphatic rings. The van der Waals surface area contributed by atoms with Gasteiger partial charge in [0.1, 0.15) is 0 Å². The third kappa shape index (κ3) is 6.17. The topological polar surface area (TPSA) is 93.6 Å². The van der Waals surface area contributed by atoms with Gasteiger partial charge in [0.25, 0.3) is 0 Å². The minimum Gasteiger partial charge on any atom is -0.469 e. The summed E-state index contributed by atoms with van der Waals surface area (Å²) in [5.41, 5.74) is 7.36. The third-order valence-electron chi connectivity index (χ3n) is 4.26. The van der Waals surface area contributed by atoms with Crippen molar-refractivity contribution in [2.75, 3.05) is 23.2 Å². The van der Waals surface area contributed by atoms with Crippen molar-refractivity contribution in [2.45, 2.75) is 49.5 Å². The lowest BCUT2D eigenvalue weighted by molar-refractivity contribution is -0.140. The molecule has 138 valence electrons. The number of ether oxygens (including phenoxy) is 1. The molecule has 0 bridgehead atoms. The molecule has 1 aromatic rings. The minimum atomic E-state index is -0.199. The van der Waals surface area contributed by atoms with E-state index in [1.54, 1.807) is 18.0 Å². The molecule has 1 aromatic carbocycles. The van der Waals surface area contributed by atoms with Gasteiger partial charge < -0.3 is 15.8 Å². The van der Waals surface area contributed by atoms with Crippen molar-refractivity contribution in [3.05, 3.63) is 30.6 Å². The summed E-state index contributed by atoms with van der Waals surface area (Å²) < 4.78 is 4.67. The Kier molecular flexibility index (Phi) is 7.94. The molecule has 0 aromatic heterocycles. The number of nitrogens with one attached hydrogen (secondary N) is 1. The smallest absolute Gasteiger partial charge is 0.306 e. The molecule has 0 aliphatic heterocycles. The van der Waals surface area contributed by atoms with Crippen LogP contribution in [0, 0.1) is 0 Å². The molecule has 1 fully saturated rings. The molecule has 2 rings (SSSR count). The number of anilines is 2. The zero-order chi connectivity index (χ0) is 18.1. The van der Waals surface area contributed by atoms with Crippen LogP contribution >= 0.6 is 11.8 Å². The van der Waals surface area contributed by atoms with Crippen molar-refractivity contribution in [1.82, 2.24) is 0 Å². The zero-order valence-corrected chi connectivity index (χ0v) is 15.6. The van der Waals surface area contributed by atoms with Crippen molar-refractivity contribution >= 4 is 29.1 Å². The molecule has 0 spiro atoms. The molecule has 0 amide bonds. The van der Waals surface area contributed by atoms with Crippen LogP contribution in [0.15, 0.2) is 35.5 Å². The van der Waals surface area contributed by atoms with E-state index in [0.29, 0.717) is 18.2 Å². The summed E-state index contributed by atoms with van der Waals surface area (Å²) in [7, 11) is 1.41. The number of esters is 1. The second-order valence-electron chi connectivity index (χ2n) is 6.08. The lowest BCUT2D eigenvalue weighted by atomic mass is 9.95. The number of methoxy groups -OCH3 is 1. The molecule has 1 aliphatic carbocycles. The maximum atomic E-state index is 11.2. The van der Waals surface area contributed by atoms with E-state index in [1.807, 2.05) is 6.07 Å². The van der Waals surface area contributed by atoms with E-state index in [9.17, 15) is 4.79 Å². The van der Waals surface area contributed by atoms with Crippen LogP contribution in [0.4, 0.5) is 11.4 Å². The molecular formula is C18H28N4O2S. The Morgan fingerprint density at radius 3 is 2.84 bits per heavy atom. The van der Waals surface area contributed by atoms with Gasteiger partial charge in [0.2, 0.25) is 0 Å². The van der Waals surface area contributed by atoms with Gasteiger partial charge in [0.15, 0.2) is 0 Å². The number of hydrogen-bond donors (Lipinski definition) is 3. The molecule has 0 saturated heterocycles. The molecule has 5 N–H and O–H groups in total. The van der Waals surface area contributed by atoms with Gasteiger partial charge in [-0.3, -0.25) is 9.80 Å². The van der Waals surface area contributed by atoms with Crippen molar-refractivity contribution in [3.63, 3.8) is 0 Å². The van der Waals surface area contributed by atoms with Crippen LogP contribution in [-0.4, -0.2) is 24.9 Å². The van der Waals surface area contributed by atoms with Crippen molar-refractivity contribution < 1.29 is 9.53 Å². The average Bonchev–Trinajstić information content (AvgIpc) is 2.63. The Balaban J connectivity index is 2.10. The summed E-state index contributed by atoms with van der Waals surface area (Å²) >= 11 is 1.60. The SMILES string of the molecule is COC(=O)CCSc1ccc(NC2CCCCC2)c(N(N)/C=C\N)c1. The fourth-order valence-electron chi connectivity index (χ4n) is 2.93. The lowest BCUT2D eigenvalue weighted by Crippen LogP contribution is -2.28. The number of carbonyl (C=O) groups is 1. The Labute approximate surface area is 153 Å². The van der Waals surface area contributed by atoms with Crippen LogP contribution in [0.2, 0.25) is 0 Å². The molecule has 6 nitrogen and oxygen atoms in total. The maximum absolute atomic E-state index is 11.2. The largest absolute Gasteiger partial charge is 0.469 e. The Morgan fingerprint density at radius 1 is 1.40 bits per heavy atom. The van der Waals surface area contributed by atoms with Gasteiger partial charge in [-0.25, -0.2) is 5.84 Å². The number of nitrogens with two attached hydrogens (primary N) is 2. The summed E-state index contributed by atoms with van der Waals surface area (Å²) in [6, 6.07) is 6.61. The fourth-order valence-corrected chi connectivity index (χ4v) is 3.79. The van der Waals surface area contributed by atoms with E-state index in [0.717, 1.165) is 16.3 Å². The maximum Gasteiger partial charge on any atom is 0.306 e. The van der Waals surface area contributed by atoms with Crippen LogP contribution in [-0.2, 0) is 9.53 Å². The van der Waals surface area contributed by atoms with Crippen molar-refractivity contribution in [3.8, 4) is 0 Å². The number of carbonyl (C=O) groups excluding carboxylic acids is 1. The molecule has 7 heteroatoms. The zero-order valence-electron chi connectivity index (χ0n) is 14.7. The van der Waals surface area contributed by atoms with Crippen molar-refractivity contribution in [2.24, 2.45) is 11.6 Å². The van der Waals surface area contributed by atoms with Crippen LogP contribution in [0.3, 0.4) is 0 Å². The van der Waals surface area contributed by atoms with E-state index in [-0.39, 0.29) is 5.97 Å². The normalized spacial score (nSPS) is 15.3. The van der Waals surface area contributed by atoms with Crippen LogP contribution in [0.25, 0.3) is 0 Å². The van der Waals surface area contributed by atoms with Gasteiger partial charge in [0, 0.05) is 29.1 Å². The van der Waals surface area contributed by atoms with Gasteiger partial charge in [-0.1, -0.05) is 19.3 Å². The summed E-state index contributed by atoms with van der Waals surface area (Å²) in [5, 5.41) is 5.14. The average molecular weight is 365 g/mol. The minimum absolute atomic E-state index is 0.199. The first kappa shape index (κ1) is 19.5. The first-order valence-electron chi connectivity index (χ1n) is 8.66. The highest BCUT2D eigenvalue weighted by Gasteiger charge is 2.16. The first-order valence-corrected chi connectivity index (χ1v) is 9.65. The second-order valence-corrected chi connectivity index (χ2v) is 7.25. The summed E-state index contributed by atoms with van der Waals surface area (Å²) in [5.74, 6) is 6.59. The third-order valence-corrected chi connectivity index (χ3v) is 5.26. The molecule has 0 unspecified atom stereocenters. The quantitative estimate of drug-likeness (QED) is 0.282. The van der Waals surface area contributed by atoms with Gasteiger partial charge in [0.05, 0.1) is 24.9 Å². The molecular weight excluding hydrogens is 336 g/mol. The molecule has 0 heterocycles. The number of hydrogen-bond acceptors (Lipinski definition) is 7. The van der Waals surface area contributed by atoms with E-state index >= 15 is 0 Å². The predicted molar refractivity (Wildman–Crippen MR) is 104 cm³/mol. The number of nitrogens with zero attached hydrogens (tertiary/aromatic N) is 1. The van der Waals surface area contributed by atoms with Crippen LogP contribution in [0.5, 0.6) is 0 Å². The van der Waals surface area contributed by atoms with E-state index in [2.05, 4.69) is 22.2 Å². The van der Waals surface area contributed by atoms with E-state index in [1.165, 1.54) is 50.4 Å². The highest BCUT2D eigenvalue weighted by atomic mass is 32.2. The van der Waals surface area contributed by atoms with Gasteiger partial charge in [-0.05, 0) is 31.0 Å². The first-order chi connectivity index (χ1) is 12.1. The number of thioether (sulfide) groups is 1. The van der Waals surface area contributed by atoms with Crippen molar-refractivity contribution in [1.29, 1.82) is 0 Å². The lowest BCUT2D eigenvalue weighted by Gasteiger charge is -2.27. The Bertz CT molecular complexity index is 588. The number of hydrazine groups is 1. The summed E-state index contributed by atoms with van der Waals surface area (Å²) in [4.78, 5) is 12.3. The summed E-state index contributed by atoms with van der Waals surface area (Å²) in [6.07, 6.45) is 9.66. The second kappa shape index (κ2) is 10.2. The Morgan fingerprint density at radius 2 is 2.16 bits per heavy atom. The van der Waals surface area contributed by atoms with Gasteiger partial charge >= 0.3 is 5.97 Å². The summed E-state index contributed by atoms with van der Waals surface area (Å²) in [6.45, 7) is 0. The highest BCUT2D eigenvalue weighted by Crippen LogP contribution is 2.33. The molecule has 0 atom stereocenters. The predicted octanol–water partition coefficient (Wildman–Crippen LogP) is 3.20. The number of benzene rings is 1. The van der Waals surface area contributed by atoms with Crippen LogP contribution < -0.4 is 21.9 Å². The van der Waals surface area contributed by atoms with Gasteiger partial charge in [-0.15, -0.1) is 11.8 Å². The molecule has 0 radical (unpaired) electrons. The monoisotopic (exact) mass is 364 g/mol. The fraction of sp³-hybridized carbons (Fsp3) is 0.500. The van der Waals surface area contributed by atoms with Gasteiger partial charge in [-0.2, -0.15) is 0 Å². The van der Waals surface area contributed by atoms with E-state index in [4.69, 9.17) is 11.6 Å². The van der Waals surface area contributed by atoms with Crippen LogP contribution in [0.1, 0.15) is 38.5 Å². The standard InChI is InChI=1S/C18H28N4O2S/c1-24-18(23)9-12-25-15-7-8-16(17(13-15)22(20)11-10-19)21-14-5-3-2-4-6-14/h7-8,10-11,13-14,21H,2-6,9,12,19-20H2,1H3/b11-10-. The van der Waals surface area contributed by atoms with E-state index < -0.39 is 0 Å². The number of rotatable bonds is 8. The Hall–Kier alpha value is -1.86.